The van der Waals surface area contributed by atoms with Crippen LogP contribution in [0.25, 0.3) is 0 Å². The topological polar surface area (TPSA) is 38.3 Å². The van der Waals surface area contributed by atoms with Gasteiger partial charge in [0.1, 0.15) is 5.75 Å². The molecule has 18 heavy (non-hydrogen) atoms. The van der Waals surface area contributed by atoms with E-state index < -0.39 is 0 Å². The van der Waals surface area contributed by atoms with Crippen LogP contribution in [0.15, 0.2) is 22.7 Å². The van der Waals surface area contributed by atoms with Crippen molar-refractivity contribution < 1.29 is 9.53 Å². The largest absolute Gasteiger partial charge is 0.497 e. The molecule has 0 spiro atoms. The maximum absolute atomic E-state index is 12.1. The summed E-state index contributed by atoms with van der Waals surface area (Å²) in [5.41, 5.74) is 0.602. The number of nitrogens with one attached hydrogen (secondary N) is 1. The van der Waals surface area contributed by atoms with Gasteiger partial charge in [0.05, 0.1) is 12.7 Å². The number of methoxy groups -OCH3 is 1. The SMILES string of the molecule is COc1ccc(Br)c(C(=O)NC(C)CCSC)c1. The Morgan fingerprint density at radius 3 is 2.89 bits per heavy atom. The first-order chi connectivity index (χ1) is 8.58. The summed E-state index contributed by atoms with van der Waals surface area (Å²) in [6.45, 7) is 2.02. The molecule has 1 aromatic rings. The van der Waals surface area contributed by atoms with Crippen molar-refractivity contribution in [3.63, 3.8) is 0 Å². The zero-order valence-electron chi connectivity index (χ0n) is 10.8. The number of thioether (sulfide) groups is 1. The van der Waals surface area contributed by atoms with E-state index in [1.54, 1.807) is 24.9 Å². The highest BCUT2D eigenvalue weighted by atomic mass is 79.9. The van der Waals surface area contributed by atoms with Crippen molar-refractivity contribution in [2.24, 2.45) is 0 Å². The molecular formula is C13H18BrNO2S. The molecule has 0 aliphatic rings. The minimum atomic E-state index is -0.0746. The predicted molar refractivity (Wildman–Crippen MR) is 80.6 cm³/mol. The van der Waals surface area contributed by atoms with Crippen molar-refractivity contribution in [1.29, 1.82) is 0 Å². The highest BCUT2D eigenvalue weighted by Gasteiger charge is 2.13. The molecule has 0 saturated carbocycles. The minimum absolute atomic E-state index is 0.0746. The predicted octanol–water partition coefficient (Wildman–Crippen LogP) is 3.33. The van der Waals surface area contributed by atoms with Crippen molar-refractivity contribution in [3.05, 3.63) is 28.2 Å². The second-order valence-electron chi connectivity index (χ2n) is 4.00. The van der Waals surface area contributed by atoms with Crippen LogP contribution in [0.2, 0.25) is 0 Å². The van der Waals surface area contributed by atoms with Crippen molar-refractivity contribution in [1.82, 2.24) is 5.32 Å². The van der Waals surface area contributed by atoms with Gasteiger partial charge >= 0.3 is 0 Å². The lowest BCUT2D eigenvalue weighted by Gasteiger charge is -2.14. The maximum Gasteiger partial charge on any atom is 0.252 e. The lowest BCUT2D eigenvalue weighted by atomic mass is 10.1. The summed E-state index contributed by atoms with van der Waals surface area (Å²) < 4.78 is 5.90. The molecule has 5 heteroatoms. The third kappa shape index (κ3) is 4.53. The summed E-state index contributed by atoms with van der Waals surface area (Å²) in [4.78, 5) is 12.1. The third-order valence-electron chi connectivity index (χ3n) is 2.55. The summed E-state index contributed by atoms with van der Waals surface area (Å²) >= 11 is 5.16. The second-order valence-corrected chi connectivity index (χ2v) is 5.84. The van der Waals surface area contributed by atoms with Gasteiger partial charge in [0.2, 0.25) is 0 Å². The monoisotopic (exact) mass is 331 g/mol. The summed E-state index contributed by atoms with van der Waals surface area (Å²) in [6, 6.07) is 5.54. The zero-order chi connectivity index (χ0) is 13.5. The fourth-order valence-electron chi connectivity index (χ4n) is 1.47. The lowest BCUT2D eigenvalue weighted by Crippen LogP contribution is -2.33. The van der Waals surface area contributed by atoms with Gasteiger partial charge in [-0.25, -0.2) is 0 Å². The summed E-state index contributed by atoms with van der Waals surface area (Å²) in [7, 11) is 1.59. The first-order valence-corrected chi connectivity index (χ1v) is 7.90. The molecule has 100 valence electrons. The molecule has 0 aliphatic carbocycles. The molecule has 1 N–H and O–H groups in total. The molecule has 1 amide bonds. The van der Waals surface area contributed by atoms with E-state index in [9.17, 15) is 4.79 Å². The summed E-state index contributed by atoms with van der Waals surface area (Å²) in [6.07, 6.45) is 3.03. The van der Waals surface area contributed by atoms with Crippen LogP contribution in [0.4, 0.5) is 0 Å². The molecule has 0 aliphatic heterocycles. The number of hydrogen-bond donors (Lipinski definition) is 1. The van der Waals surface area contributed by atoms with Gasteiger partial charge in [0.25, 0.3) is 5.91 Å². The van der Waals surface area contributed by atoms with Gasteiger partial charge in [-0.3, -0.25) is 4.79 Å². The van der Waals surface area contributed by atoms with Crippen molar-refractivity contribution in [2.75, 3.05) is 19.1 Å². The van der Waals surface area contributed by atoms with Crippen molar-refractivity contribution in [3.8, 4) is 5.75 Å². The highest BCUT2D eigenvalue weighted by molar-refractivity contribution is 9.10. The molecule has 0 heterocycles. The smallest absolute Gasteiger partial charge is 0.252 e. The van der Waals surface area contributed by atoms with E-state index >= 15 is 0 Å². The molecule has 0 bridgehead atoms. The minimum Gasteiger partial charge on any atom is -0.497 e. The van der Waals surface area contributed by atoms with Crippen LogP contribution in [-0.4, -0.2) is 31.1 Å². The number of rotatable bonds is 6. The Kier molecular flexibility index (Phi) is 6.57. The van der Waals surface area contributed by atoms with Crippen LogP contribution in [0.1, 0.15) is 23.7 Å². The van der Waals surface area contributed by atoms with Crippen LogP contribution >= 0.6 is 27.7 Å². The number of halogens is 1. The number of ether oxygens (including phenoxy) is 1. The van der Waals surface area contributed by atoms with Gasteiger partial charge in [-0.1, -0.05) is 0 Å². The molecule has 1 aromatic carbocycles. The Morgan fingerprint density at radius 1 is 1.56 bits per heavy atom. The standard InChI is InChI=1S/C13H18BrNO2S/c1-9(6-7-18-3)15-13(16)11-8-10(17-2)4-5-12(11)14/h4-5,8-9H,6-7H2,1-3H3,(H,15,16). The molecule has 0 fully saturated rings. The van der Waals surface area contributed by atoms with E-state index in [-0.39, 0.29) is 11.9 Å². The van der Waals surface area contributed by atoms with E-state index in [1.165, 1.54) is 0 Å². The first kappa shape index (κ1) is 15.4. The zero-order valence-corrected chi connectivity index (χ0v) is 13.2. The van der Waals surface area contributed by atoms with Crippen LogP contribution in [0.3, 0.4) is 0 Å². The van der Waals surface area contributed by atoms with Crippen LogP contribution in [0.5, 0.6) is 5.75 Å². The molecular weight excluding hydrogens is 314 g/mol. The number of carbonyl (C=O) groups excluding carboxylic acids is 1. The van der Waals surface area contributed by atoms with Gasteiger partial charge in [-0.2, -0.15) is 11.8 Å². The Bertz CT molecular complexity index is 412. The van der Waals surface area contributed by atoms with E-state index in [2.05, 4.69) is 27.5 Å². The van der Waals surface area contributed by atoms with Crippen LogP contribution < -0.4 is 10.1 Å². The molecule has 0 radical (unpaired) electrons. The third-order valence-corrected chi connectivity index (χ3v) is 3.89. The Labute approximate surface area is 121 Å². The van der Waals surface area contributed by atoms with Gasteiger partial charge in [0.15, 0.2) is 0 Å². The van der Waals surface area contributed by atoms with E-state index in [0.717, 1.165) is 16.6 Å². The molecule has 3 nitrogen and oxygen atoms in total. The molecule has 0 aromatic heterocycles. The number of hydrogen-bond acceptors (Lipinski definition) is 3. The van der Waals surface area contributed by atoms with Gasteiger partial charge in [-0.05, 0) is 59.5 Å². The molecule has 1 atom stereocenters. The molecule has 0 saturated heterocycles. The Morgan fingerprint density at radius 2 is 2.28 bits per heavy atom. The fraction of sp³-hybridized carbons (Fsp3) is 0.462. The fourth-order valence-corrected chi connectivity index (χ4v) is 2.49. The van der Waals surface area contributed by atoms with Crippen molar-refractivity contribution in [2.45, 2.75) is 19.4 Å². The summed E-state index contributed by atoms with van der Waals surface area (Å²) in [5, 5.41) is 2.99. The van der Waals surface area contributed by atoms with Crippen molar-refractivity contribution >= 4 is 33.6 Å². The number of carbonyl (C=O) groups is 1. The number of benzene rings is 1. The van der Waals surface area contributed by atoms with Gasteiger partial charge in [0, 0.05) is 10.5 Å². The molecule has 1 rings (SSSR count). The average Bonchev–Trinajstić information content (AvgIpc) is 2.36. The van der Waals surface area contributed by atoms with Gasteiger partial charge < -0.3 is 10.1 Å². The Hall–Kier alpha value is -0.680. The number of amides is 1. The average molecular weight is 332 g/mol. The normalized spacial score (nSPS) is 12.0. The van der Waals surface area contributed by atoms with Crippen LogP contribution in [-0.2, 0) is 0 Å². The van der Waals surface area contributed by atoms with Crippen LogP contribution in [0, 0.1) is 0 Å². The van der Waals surface area contributed by atoms with E-state index in [0.29, 0.717) is 11.3 Å². The highest BCUT2D eigenvalue weighted by Crippen LogP contribution is 2.22. The first-order valence-electron chi connectivity index (χ1n) is 5.71. The molecule has 1 unspecified atom stereocenters. The Balaban J connectivity index is 2.71. The quantitative estimate of drug-likeness (QED) is 0.868. The van der Waals surface area contributed by atoms with E-state index in [4.69, 9.17) is 4.74 Å². The summed E-state index contributed by atoms with van der Waals surface area (Å²) in [5.74, 6) is 1.65. The van der Waals surface area contributed by atoms with E-state index in [1.807, 2.05) is 19.1 Å². The van der Waals surface area contributed by atoms with Gasteiger partial charge in [-0.15, -0.1) is 0 Å². The lowest BCUT2D eigenvalue weighted by molar-refractivity contribution is 0.0938. The maximum atomic E-state index is 12.1. The second kappa shape index (κ2) is 7.69.